The first-order valence-electron chi connectivity index (χ1n) is 8.59. The number of hydrogen-bond donors (Lipinski definition) is 1. The van der Waals surface area contributed by atoms with E-state index in [1.807, 2.05) is 0 Å². The smallest absolute Gasteiger partial charge is 0.254 e. The maximum absolute atomic E-state index is 12.5. The molecule has 1 N–H and O–H groups in total. The van der Waals surface area contributed by atoms with E-state index in [1.165, 1.54) is 0 Å². The predicted octanol–water partition coefficient (Wildman–Crippen LogP) is 0.204. The molecule has 1 aromatic carbocycles. The van der Waals surface area contributed by atoms with Gasteiger partial charge in [-0.1, -0.05) is 0 Å². The highest BCUT2D eigenvalue weighted by Gasteiger charge is 2.27. The summed E-state index contributed by atoms with van der Waals surface area (Å²) >= 11 is 0. The molecule has 9 heteroatoms. The van der Waals surface area contributed by atoms with Gasteiger partial charge in [0.2, 0.25) is 15.9 Å². The van der Waals surface area contributed by atoms with Gasteiger partial charge < -0.3 is 15.0 Å². The fourth-order valence-electron chi connectivity index (χ4n) is 2.75. The van der Waals surface area contributed by atoms with Gasteiger partial charge in [0.25, 0.3) is 5.91 Å². The highest BCUT2D eigenvalue weighted by Crippen LogP contribution is 2.21. The number of anilines is 1. The quantitative estimate of drug-likeness (QED) is 0.760. The fourth-order valence-corrected chi connectivity index (χ4v) is 3.61. The minimum atomic E-state index is -3.62. The molecule has 0 aromatic heterocycles. The Bertz CT molecular complexity index is 768. The topological polar surface area (TPSA) is 96.0 Å². The van der Waals surface area contributed by atoms with E-state index in [1.54, 1.807) is 29.2 Å². The molecular formula is C17H23N3O5S. The molecule has 2 aliphatic rings. The molecule has 0 spiro atoms. The summed E-state index contributed by atoms with van der Waals surface area (Å²) in [4.78, 5) is 26.2. The van der Waals surface area contributed by atoms with Gasteiger partial charge in [-0.2, -0.15) is 0 Å². The van der Waals surface area contributed by atoms with E-state index in [0.29, 0.717) is 37.6 Å². The van der Waals surface area contributed by atoms with E-state index in [0.717, 1.165) is 23.4 Å². The highest BCUT2D eigenvalue weighted by molar-refractivity contribution is 7.92. The Hall–Kier alpha value is -2.13. The van der Waals surface area contributed by atoms with Gasteiger partial charge in [0.1, 0.15) is 6.54 Å². The Balaban J connectivity index is 1.72. The minimum absolute atomic E-state index is 0.114. The predicted molar refractivity (Wildman–Crippen MR) is 96.5 cm³/mol. The van der Waals surface area contributed by atoms with Crippen LogP contribution in [-0.4, -0.2) is 70.3 Å². The Kier molecular flexibility index (Phi) is 5.47. The zero-order chi connectivity index (χ0) is 18.7. The van der Waals surface area contributed by atoms with Crippen LogP contribution in [0.4, 0.5) is 5.69 Å². The lowest BCUT2D eigenvalue weighted by molar-refractivity contribution is -0.119. The molecule has 142 valence electrons. The molecule has 3 rings (SSSR count). The minimum Gasteiger partial charge on any atom is -0.378 e. The van der Waals surface area contributed by atoms with Crippen molar-refractivity contribution in [3.8, 4) is 0 Å². The summed E-state index contributed by atoms with van der Waals surface area (Å²) in [6.45, 7) is 1.84. The summed E-state index contributed by atoms with van der Waals surface area (Å²) < 4.78 is 30.5. The van der Waals surface area contributed by atoms with Crippen molar-refractivity contribution in [1.29, 1.82) is 0 Å². The maximum atomic E-state index is 12.5. The standard InChI is InChI=1S/C17H23N3O5S/c1-26(23,24)20(12-16(21)18-14-4-5-14)15-6-2-13(3-7-15)17(22)19-8-10-25-11-9-19/h2-3,6-7,14H,4-5,8-12H2,1H3,(H,18,21). The molecular weight excluding hydrogens is 358 g/mol. The van der Waals surface area contributed by atoms with Gasteiger partial charge in [0.05, 0.1) is 25.2 Å². The lowest BCUT2D eigenvalue weighted by atomic mass is 10.1. The second kappa shape index (κ2) is 7.63. The van der Waals surface area contributed by atoms with Crippen molar-refractivity contribution in [3.63, 3.8) is 0 Å². The number of carbonyl (C=O) groups is 2. The number of carbonyl (C=O) groups excluding carboxylic acids is 2. The third-order valence-electron chi connectivity index (χ3n) is 4.33. The Morgan fingerprint density at radius 3 is 2.35 bits per heavy atom. The lowest BCUT2D eigenvalue weighted by Gasteiger charge is -2.27. The van der Waals surface area contributed by atoms with Gasteiger partial charge in [-0.3, -0.25) is 13.9 Å². The van der Waals surface area contributed by atoms with Crippen LogP contribution in [0.3, 0.4) is 0 Å². The number of rotatable bonds is 6. The van der Waals surface area contributed by atoms with E-state index >= 15 is 0 Å². The van der Waals surface area contributed by atoms with Crippen LogP contribution in [0.1, 0.15) is 23.2 Å². The van der Waals surface area contributed by atoms with Crippen molar-refractivity contribution in [1.82, 2.24) is 10.2 Å². The average Bonchev–Trinajstić information content (AvgIpc) is 3.43. The van der Waals surface area contributed by atoms with Gasteiger partial charge in [-0.15, -0.1) is 0 Å². The first-order chi connectivity index (χ1) is 12.3. The van der Waals surface area contributed by atoms with E-state index in [9.17, 15) is 18.0 Å². The number of ether oxygens (including phenoxy) is 1. The molecule has 0 unspecified atom stereocenters. The zero-order valence-corrected chi connectivity index (χ0v) is 15.5. The summed E-state index contributed by atoms with van der Waals surface area (Å²) in [6, 6.07) is 6.45. The largest absolute Gasteiger partial charge is 0.378 e. The highest BCUT2D eigenvalue weighted by atomic mass is 32.2. The van der Waals surface area contributed by atoms with Gasteiger partial charge >= 0.3 is 0 Å². The third-order valence-corrected chi connectivity index (χ3v) is 5.47. The Labute approximate surface area is 153 Å². The van der Waals surface area contributed by atoms with Crippen molar-refractivity contribution in [3.05, 3.63) is 29.8 Å². The molecule has 8 nitrogen and oxygen atoms in total. The van der Waals surface area contributed by atoms with Crippen molar-refractivity contribution < 1.29 is 22.7 Å². The van der Waals surface area contributed by atoms with Gasteiger partial charge in [0.15, 0.2) is 0 Å². The molecule has 1 aromatic rings. The first-order valence-corrected chi connectivity index (χ1v) is 10.4. The van der Waals surface area contributed by atoms with Crippen LogP contribution in [0.5, 0.6) is 0 Å². The van der Waals surface area contributed by atoms with E-state index < -0.39 is 10.0 Å². The van der Waals surface area contributed by atoms with Crippen LogP contribution >= 0.6 is 0 Å². The molecule has 2 fully saturated rings. The maximum Gasteiger partial charge on any atom is 0.254 e. The van der Waals surface area contributed by atoms with E-state index in [-0.39, 0.29) is 24.4 Å². The number of sulfonamides is 1. The Morgan fingerprint density at radius 2 is 1.81 bits per heavy atom. The van der Waals surface area contributed by atoms with Crippen LogP contribution in [0.2, 0.25) is 0 Å². The zero-order valence-electron chi connectivity index (χ0n) is 14.7. The normalized spacial score (nSPS) is 17.7. The SMILES string of the molecule is CS(=O)(=O)N(CC(=O)NC1CC1)c1ccc(C(=O)N2CCOCC2)cc1. The van der Waals surface area contributed by atoms with Crippen molar-refractivity contribution in [2.24, 2.45) is 0 Å². The van der Waals surface area contributed by atoms with Crippen LogP contribution < -0.4 is 9.62 Å². The van der Waals surface area contributed by atoms with Gasteiger partial charge in [-0.25, -0.2) is 8.42 Å². The van der Waals surface area contributed by atoms with Gasteiger partial charge in [0, 0.05) is 24.7 Å². The number of nitrogens with one attached hydrogen (secondary N) is 1. The van der Waals surface area contributed by atoms with Gasteiger partial charge in [-0.05, 0) is 37.1 Å². The van der Waals surface area contributed by atoms with Crippen molar-refractivity contribution >= 4 is 27.5 Å². The molecule has 1 aliphatic carbocycles. The summed E-state index contributed by atoms with van der Waals surface area (Å²) in [6.07, 6.45) is 2.93. The molecule has 1 heterocycles. The second-order valence-corrected chi connectivity index (χ2v) is 8.47. The third kappa shape index (κ3) is 4.73. The summed E-state index contributed by atoms with van der Waals surface area (Å²) in [5.41, 5.74) is 0.837. The monoisotopic (exact) mass is 381 g/mol. The number of nitrogens with zero attached hydrogens (tertiary/aromatic N) is 2. The van der Waals surface area contributed by atoms with Crippen LogP contribution in [0.25, 0.3) is 0 Å². The molecule has 0 radical (unpaired) electrons. The molecule has 1 aliphatic heterocycles. The average molecular weight is 381 g/mol. The summed E-state index contributed by atoms with van der Waals surface area (Å²) in [5.74, 6) is -0.441. The number of morpholine rings is 1. The number of hydrogen-bond acceptors (Lipinski definition) is 5. The fraction of sp³-hybridized carbons (Fsp3) is 0.529. The molecule has 0 atom stereocenters. The van der Waals surface area contributed by atoms with Crippen molar-refractivity contribution in [2.75, 3.05) is 43.4 Å². The molecule has 1 saturated heterocycles. The summed E-state index contributed by atoms with van der Waals surface area (Å²) in [7, 11) is -3.62. The molecule has 0 bridgehead atoms. The number of amides is 2. The summed E-state index contributed by atoms with van der Waals surface area (Å²) in [5, 5.41) is 2.78. The molecule has 26 heavy (non-hydrogen) atoms. The van der Waals surface area contributed by atoms with E-state index in [4.69, 9.17) is 4.74 Å². The van der Waals surface area contributed by atoms with Crippen molar-refractivity contribution in [2.45, 2.75) is 18.9 Å². The second-order valence-electron chi connectivity index (χ2n) is 6.56. The van der Waals surface area contributed by atoms with Crippen LogP contribution in [0, 0.1) is 0 Å². The van der Waals surface area contributed by atoms with Crippen LogP contribution in [0.15, 0.2) is 24.3 Å². The van der Waals surface area contributed by atoms with E-state index in [2.05, 4.69) is 5.32 Å². The van der Waals surface area contributed by atoms with Crippen LogP contribution in [-0.2, 0) is 19.6 Å². The molecule has 1 saturated carbocycles. The molecule has 2 amide bonds. The first kappa shape index (κ1) is 18.7. The lowest BCUT2D eigenvalue weighted by Crippen LogP contribution is -2.41. The number of benzene rings is 1. The Morgan fingerprint density at radius 1 is 1.19 bits per heavy atom.